The topological polar surface area (TPSA) is 58.6 Å². The first-order valence-electron chi connectivity index (χ1n) is 9.85. The van der Waals surface area contributed by atoms with Crippen molar-refractivity contribution in [3.8, 4) is 11.5 Å². The van der Waals surface area contributed by atoms with Gasteiger partial charge in [-0.3, -0.25) is 4.79 Å². The van der Waals surface area contributed by atoms with Gasteiger partial charge in [-0.2, -0.15) is 0 Å². The molecule has 0 heterocycles. The summed E-state index contributed by atoms with van der Waals surface area (Å²) in [7, 11) is 3.43. The van der Waals surface area contributed by atoms with Gasteiger partial charge in [-0.25, -0.2) is 0 Å². The molecule has 0 aromatic heterocycles. The van der Waals surface area contributed by atoms with E-state index in [2.05, 4.69) is 46.9 Å². The fourth-order valence-electron chi connectivity index (χ4n) is 3.24. The number of phenolic OH excluding ortho intramolecular Hbond substituents is 1. The molecule has 4 nitrogen and oxygen atoms in total. The molecule has 0 spiro atoms. The molecule has 29 heavy (non-hydrogen) atoms. The molecular weight excluding hydrogens is 362 g/mol. The van der Waals surface area contributed by atoms with Crippen molar-refractivity contribution in [2.24, 2.45) is 0 Å². The fraction of sp³-hybridized carbons (Fsp3) is 0.400. The molecule has 2 N–H and O–H groups in total. The zero-order chi connectivity index (χ0) is 22.0. The summed E-state index contributed by atoms with van der Waals surface area (Å²) in [6.45, 7) is 12.5. The zero-order valence-electron chi connectivity index (χ0n) is 18.8. The average molecular weight is 396 g/mol. The zero-order valence-corrected chi connectivity index (χ0v) is 18.8. The molecule has 0 aliphatic carbocycles. The van der Waals surface area contributed by atoms with Crippen LogP contribution in [0.15, 0.2) is 36.4 Å². The van der Waals surface area contributed by atoms with Gasteiger partial charge in [0.25, 0.3) is 0 Å². The van der Waals surface area contributed by atoms with Crippen LogP contribution < -0.4 is 10.1 Å². The molecule has 0 atom stereocenters. The van der Waals surface area contributed by atoms with E-state index in [1.165, 1.54) is 6.08 Å². The van der Waals surface area contributed by atoms with E-state index in [1.807, 2.05) is 25.2 Å². The Morgan fingerprint density at radius 2 is 1.55 bits per heavy atom. The minimum atomic E-state index is -0.258. The van der Waals surface area contributed by atoms with Gasteiger partial charge < -0.3 is 15.2 Å². The van der Waals surface area contributed by atoms with E-state index in [4.69, 9.17) is 4.74 Å². The number of carbonyl (C=O) groups excluding carboxylic acids is 1. The Morgan fingerprint density at radius 1 is 1.00 bits per heavy atom. The first kappa shape index (κ1) is 22.5. The lowest BCUT2D eigenvalue weighted by Crippen LogP contribution is -2.18. The summed E-state index contributed by atoms with van der Waals surface area (Å²) >= 11 is 0. The number of aromatic hydroxyl groups is 1. The van der Waals surface area contributed by atoms with Crippen molar-refractivity contribution in [1.29, 1.82) is 0 Å². The van der Waals surface area contributed by atoms with E-state index in [1.54, 1.807) is 25.3 Å². The second kappa shape index (κ2) is 8.32. The molecule has 2 aromatic rings. The van der Waals surface area contributed by atoms with Crippen molar-refractivity contribution < 1.29 is 14.6 Å². The standard InChI is InChI=1S/C25H33NO3/c1-24(2,3)19-15-20(25(4,5)6)23(29-8)18(22(19)28)13-14-21(27)16-9-11-17(26-7)12-10-16/h9-15,26,28H,1-8H3. The van der Waals surface area contributed by atoms with Crippen LogP contribution in [0.3, 0.4) is 0 Å². The summed E-state index contributed by atoms with van der Waals surface area (Å²) in [5, 5.41) is 14.1. The number of ether oxygens (including phenoxy) is 1. The summed E-state index contributed by atoms with van der Waals surface area (Å²) in [5.74, 6) is 0.613. The van der Waals surface area contributed by atoms with Crippen LogP contribution >= 0.6 is 0 Å². The van der Waals surface area contributed by atoms with Gasteiger partial charge in [0.1, 0.15) is 11.5 Å². The van der Waals surface area contributed by atoms with Gasteiger partial charge in [-0.05, 0) is 53.3 Å². The van der Waals surface area contributed by atoms with E-state index in [0.29, 0.717) is 16.9 Å². The number of hydrogen-bond acceptors (Lipinski definition) is 4. The molecular formula is C25H33NO3. The molecule has 0 unspecified atom stereocenters. The highest BCUT2D eigenvalue weighted by Gasteiger charge is 2.29. The third-order valence-corrected chi connectivity index (χ3v) is 4.97. The predicted octanol–water partition coefficient (Wildman–Crippen LogP) is 5.93. The molecule has 0 aliphatic rings. The van der Waals surface area contributed by atoms with Gasteiger partial charge in [0.15, 0.2) is 5.78 Å². The van der Waals surface area contributed by atoms with E-state index in [9.17, 15) is 9.90 Å². The lowest BCUT2D eigenvalue weighted by atomic mass is 9.78. The maximum atomic E-state index is 12.7. The monoisotopic (exact) mass is 395 g/mol. The minimum absolute atomic E-state index is 0.132. The van der Waals surface area contributed by atoms with Gasteiger partial charge in [-0.1, -0.05) is 41.5 Å². The second-order valence-corrected chi connectivity index (χ2v) is 9.29. The lowest BCUT2D eigenvalue weighted by molar-refractivity contribution is 0.104. The van der Waals surface area contributed by atoms with Crippen molar-refractivity contribution in [1.82, 2.24) is 0 Å². The number of carbonyl (C=O) groups is 1. The van der Waals surface area contributed by atoms with Crippen molar-refractivity contribution in [3.05, 3.63) is 58.7 Å². The van der Waals surface area contributed by atoms with Crippen molar-refractivity contribution in [2.75, 3.05) is 19.5 Å². The molecule has 156 valence electrons. The third kappa shape index (κ3) is 5.00. The van der Waals surface area contributed by atoms with Gasteiger partial charge in [0.2, 0.25) is 0 Å². The SMILES string of the molecule is CNc1ccc(C(=O)C=Cc2c(O)c(C(C)(C)C)cc(C(C)(C)C)c2OC)cc1. The molecule has 0 bridgehead atoms. The quantitative estimate of drug-likeness (QED) is 0.486. The molecule has 2 rings (SSSR count). The third-order valence-electron chi connectivity index (χ3n) is 4.97. The Balaban J connectivity index is 2.60. The number of rotatable bonds is 5. The van der Waals surface area contributed by atoms with Gasteiger partial charge in [-0.15, -0.1) is 0 Å². The largest absolute Gasteiger partial charge is 0.507 e. The number of phenols is 1. The summed E-state index contributed by atoms with van der Waals surface area (Å²) in [4.78, 5) is 12.7. The lowest BCUT2D eigenvalue weighted by Gasteiger charge is -2.29. The highest BCUT2D eigenvalue weighted by molar-refractivity contribution is 6.07. The number of nitrogens with one attached hydrogen (secondary N) is 1. The fourth-order valence-corrected chi connectivity index (χ4v) is 3.24. The first-order chi connectivity index (χ1) is 13.4. The van der Waals surface area contributed by atoms with Crippen LogP contribution in [0.1, 0.15) is 68.6 Å². The second-order valence-electron chi connectivity index (χ2n) is 9.29. The Hall–Kier alpha value is -2.75. The van der Waals surface area contributed by atoms with Crippen LogP contribution in [0.5, 0.6) is 11.5 Å². The van der Waals surface area contributed by atoms with Crippen molar-refractivity contribution >= 4 is 17.5 Å². The summed E-state index contributed by atoms with van der Waals surface area (Å²) in [5.41, 5.74) is 3.44. The maximum Gasteiger partial charge on any atom is 0.185 e. The van der Waals surface area contributed by atoms with Crippen molar-refractivity contribution in [3.63, 3.8) is 0 Å². The van der Waals surface area contributed by atoms with Crippen LogP contribution in [0.2, 0.25) is 0 Å². The Morgan fingerprint density at radius 3 is 2.00 bits per heavy atom. The van der Waals surface area contributed by atoms with Crippen molar-refractivity contribution in [2.45, 2.75) is 52.4 Å². The van der Waals surface area contributed by atoms with Crippen LogP contribution in [0.4, 0.5) is 5.69 Å². The molecule has 0 aliphatic heterocycles. The molecule has 0 radical (unpaired) electrons. The highest BCUT2D eigenvalue weighted by Crippen LogP contribution is 2.45. The van der Waals surface area contributed by atoms with Gasteiger partial charge in [0, 0.05) is 29.4 Å². The molecule has 4 heteroatoms. The summed E-state index contributed by atoms with van der Waals surface area (Å²) < 4.78 is 5.69. The maximum absolute atomic E-state index is 12.7. The Labute approximate surface area is 174 Å². The summed E-state index contributed by atoms with van der Waals surface area (Å²) in [6, 6.07) is 9.29. The Kier molecular flexibility index (Phi) is 6.46. The van der Waals surface area contributed by atoms with Crippen LogP contribution in [-0.4, -0.2) is 25.0 Å². The molecule has 0 fully saturated rings. The smallest absolute Gasteiger partial charge is 0.185 e. The number of methoxy groups -OCH3 is 1. The number of benzene rings is 2. The number of allylic oxidation sites excluding steroid dienone is 1. The average Bonchev–Trinajstić information content (AvgIpc) is 2.64. The Bertz CT molecular complexity index is 911. The number of anilines is 1. The highest BCUT2D eigenvalue weighted by atomic mass is 16.5. The van der Waals surface area contributed by atoms with Crippen LogP contribution in [0, 0.1) is 0 Å². The van der Waals surface area contributed by atoms with E-state index < -0.39 is 0 Å². The van der Waals surface area contributed by atoms with Gasteiger partial charge in [0.05, 0.1) is 12.7 Å². The number of ketones is 1. The molecule has 0 amide bonds. The van der Waals surface area contributed by atoms with Gasteiger partial charge >= 0.3 is 0 Å². The van der Waals surface area contributed by atoms with Crippen LogP contribution in [-0.2, 0) is 10.8 Å². The van der Waals surface area contributed by atoms with E-state index in [0.717, 1.165) is 16.8 Å². The predicted molar refractivity (Wildman–Crippen MR) is 121 cm³/mol. The molecule has 2 aromatic carbocycles. The minimum Gasteiger partial charge on any atom is -0.507 e. The first-order valence-corrected chi connectivity index (χ1v) is 9.85. The van der Waals surface area contributed by atoms with Crippen LogP contribution in [0.25, 0.3) is 6.08 Å². The van der Waals surface area contributed by atoms with E-state index >= 15 is 0 Å². The van der Waals surface area contributed by atoms with E-state index in [-0.39, 0.29) is 22.4 Å². The molecule has 0 saturated heterocycles. The number of hydrogen-bond donors (Lipinski definition) is 2. The summed E-state index contributed by atoms with van der Waals surface area (Å²) in [6.07, 6.45) is 3.15. The molecule has 0 saturated carbocycles. The normalized spacial score (nSPS) is 12.3.